The summed E-state index contributed by atoms with van der Waals surface area (Å²) in [5, 5.41) is 5.69. The number of aromatic nitrogens is 1. The van der Waals surface area contributed by atoms with Crippen LogP contribution in [0.25, 0.3) is 0 Å². The molecule has 5 heteroatoms. The average molecular weight is 345 g/mol. The quantitative estimate of drug-likeness (QED) is 0.738. The summed E-state index contributed by atoms with van der Waals surface area (Å²) in [6, 6.07) is 21.7. The number of anilines is 1. The summed E-state index contributed by atoms with van der Waals surface area (Å²) in [6.07, 6.45) is 1.46. The zero-order chi connectivity index (χ0) is 18.4. The van der Waals surface area contributed by atoms with Crippen LogP contribution in [-0.2, 0) is 0 Å². The van der Waals surface area contributed by atoms with Gasteiger partial charge in [-0.05, 0) is 36.8 Å². The van der Waals surface area contributed by atoms with E-state index in [1.807, 2.05) is 55.5 Å². The molecule has 0 saturated carbocycles. The number of amides is 2. The van der Waals surface area contributed by atoms with E-state index in [1.165, 1.54) is 12.3 Å². The molecule has 2 aromatic carbocycles. The fourth-order valence-corrected chi connectivity index (χ4v) is 2.52. The van der Waals surface area contributed by atoms with Gasteiger partial charge in [0.2, 0.25) is 0 Å². The van der Waals surface area contributed by atoms with E-state index >= 15 is 0 Å². The number of hydrogen-bond donors (Lipinski definition) is 2. The van der Waals surface area contributed by atoms with Gasteiger partial charge in [-0.25, -0.2) is 0 Å². The molecule has 1 atom stereocenters. The van der Waals surface area contributed by atoms with Gasteiger partial charge in [0.05, 0.1) is 6.04 Å². The molecule has 0 aliphatic rings. The van der Waals surface area contributed by atoms with Crippen molar-refractivity contribution in [2.45, 2.75) is 13.0 Å². The Kier molecular flexibility index (Phi) is 5.39. The Morgan fingerprint density at radius 3 is 2.23 bits per heavy atom. The summed E-state index contributed by atoms with van der Waals surface area (Å²) >= 11 is 0. The van der Waals surface area contributed by atoms with Crippen molar-refractivity contribution in [1.29, 1.82) is 0 Å². The van der Waals surface area contributed by atoms with Crippen LogP contribution >= 0.6 is 0 Å². The van der Waals surface area contributed by atoms with Gasteiger partial charge in [-0.15, -0.1) is 0 Å². The number of carbonyl (C=O) groups excluding carboxylic acids is 2. The molecule has 0 saturated heterocycles. The van der Waals surface area contributed by atoms with Crippen LogP contribution in [0.5, 0.6) is 0 Å². The first-order valence-electron chi connectivity index (χ1n) is 8.32. The Bertz CT molecular complexity index is 895. The molecule has 1 aromatic heterocycles. The molecule has 1 unspecified atom stereocenters. The summed E-state index contributed by atoms with van der Waals surface area (Å²) in [5.41, 5.74) is 2.27. The van der Waals surface area contributed by atoms with Crippen molar-refractivity contribution in [1.82, 2.24) is 10.3 Å². The largest absolute Gasteiger partial charge is 0.344 e. The predicted molar refractivity (Wildman–Crippen MR) is 101 cm³/mol. The lowest BCUT2D eigenvalue weighted by Gasteiger charge is -2.14. The van der Waals surface area contributed by atoms with E-state index in [4.69, 9.17) is 0 Å². The lowest BCUT2D eigenvalue weighted by Crippen LogP contribution is -2.27. The zero-order valence-corrected chi connectivity index (χ0v) is 14.3. The van der Waals surface area contributed by atoms with Crippen molar-refractivity contribution in [3.8, 4) is 0 Å². The smallest absolute Gasteiger partial charge is 0.270 e. The van der Waals surface area contributed by atoms with Crippen LogP contribution < -0.4 is 10.6 Å². The molecule has 1 heterocycles. The van der Waals surface area contributed by atoms with Crippen LogP contribution in [-0.4, -0.2) is 16.8 Å². The summed E-state index contributed by atoms with van der Waals surface area (Å²) in [6.45, 7) is 1.90. The summed E-state index contributed by atoms with van der Waals surface area (Å²) < 4.78 is 0. The van der Waals surface area contributed by atoms with Gasteiger partial charge in [0.1, 0.15) is 5.69 Å². The lowest BCUT2D eigenvalue weighted by molar-refractivity contribution is 0.0935. The number of rotatable bonds is 5. The molecular formula is C21H19N3O2. The molecule has 0 aliphatic heterocycles. The van der Waals surface area contributed by atoms with Crippen LogP contribution in [0.1, 0.15) is 39.4 Å². The van der Waals surface area contributed by atoms with Crippen LogP contribution in [0.3, 0.4) is 0 Å². The molecule has 0 radical (unpaired) electrons. The van der Waals surface area contributed by atoms with Gasteiger partial charge in [0.15, 0.2) is 0 Å². The number of nitrogens with one attached hydrogen (secondary N) is 2. The van der Waals surface area contributed by atoms with Gasteiger partial charge in [-0.2, -0.15) is 0 Å². The molecular weight excluding hydrogens is 326 g/mol. The number of para-hydroxylation sites is 1. The SMILES string of the molecule is CC(NC(=O)c1cc(C(=O)Nc2ccccc2)ccn1)c1ccccc1. The van der Waals surface area contributed by atoms with Crippen LogP contribution in [0.15, 0.2) is 79.0 Å². The summed E-state index contributed by atoms with van der Waals surface area (Å²) in [4.78, 5) is 28.9. The van der Waals surface area contributed by atoms with Crippen molar-refractivity contribution in [2.24, 2.45) is 0 Å². The average Bonchev–Trinajstić information content (AvgIpc) is 2.69. The number of pyridine rings is 1. The zero-order valence-electron chi connectivity index (χ0n) is 14.3. The molecule has 0 spiro atoms. The first-order chi connectivity index (χ1) is 12.6. The van der Waals surface area contributed by atoms with Gasteiger partial charge in [0.25, 0.3) is 11.8 Å². The Hall–Kier alpha value is -3.47. The van der Waals surface area contributed by atoms with Gasteiger partial charge >= 0.3 is 0 Å². The highest BCUT2D eigenvalue weighted by Crippen LogP contribution is 2.13. The second kappa shape index (κ2) is 8.07. The predicted octanol–water partition coefficient (Wildman–Crippen LogP) is 3.82. The van der Waals surface area contributed by atoms with Crippen molar-refractivity contribution in [2.75, 3.05) is 5.32 Å². The van der Waals surface area contributed by atoms with E-state index in [9.17, 15) is 9.59 Å². The van der Waals surface area contributed by atoms with Crippen LogP contribution in [0.2, 0.25) is 0 Å². The highest BCUT2D eigenvalue weighted by Gasteiger charge is 2.15. The third-order valence-corrected chi connectivity index (χ3v) is 3.93. The van der Waals surface area contributed by atoms with Crippen molar-refractivity contribution < 1.29 is 9.59 Å². The first-order valence-corrected chi connectivity index (χ1v) is 8.32. The molecule has 3 aromatic rings. The van der Waals surface area contributed by atoms with E-state index < -0.39 is 0 Å². The molecule has 3 rings (SSSR count). The highest BCUT2D eigenvalue weighted by atomic mass is 16.2. The minimum atomic E-state index is -0.323. The summed E-state index contributed by atoms with van der Waals surface area (Å²) in [5.74, 6) is -0.612. The minimum Gasteiger partial charge on any atom is -0.344 e. The Morgan fingerprint density at radius 2 is 1.54 bits per heavy atom. The van der Waals surface area contributed by atoms with Gasteiger partial charge in [-0.1, -0.05) is 48.5 Å². The fraction of sp³-hybridized carbons (Fsp3) is 0.0952. The molecule has 0 fully saturated rings. The minimum absolute atomic E-state index is 0.160. The maximum Gasteiger partial charge on any atom is 0.270 e. The van der Waals surface area contributed by atoms with Crippen LogP contribution in [0.4, 0.5) is 5.69 Å². The normalized spacial score (nSPS) is 11.4. The number of carbonyl (C=O) groups is 2. The van der Waals surface area contributed by atoms with Crippen LogP contribution in [0, 0.1) is 0 Å². The molecule has 0 aliphatic carbocycles. The number of benzene rings is 2. The van der Waals surface area contributed by atoms with Crippen molar-refractivity contribution in [3.63, 3.8) is 0 Å². The van der Waals surface area contributed by atoms with Gasteiger partial charge < -0.3 is 10.6 Å². The molecule has 2 amide bonds. The van der Waals surface area contributed by atoms with Crippen molar-refractivity contribution in [3.05, 3.63) is 95.8 Å². The Labute approximate surface area is 152 Å². The number of hydrogen-bond acceptors (Lipinski definition) is 3. The fourth-order valence-electron chi connectivity index (χ4n) is 2.52. The second-order valence-electron chi connectivity index (χ2n) is 5.86. The lowest BCUT2D eigenvalue weighted by atomic mass is 10.1. The van der Waals surface area contributed by atoms with E-state index in [0.717, 1.165) is 5.56 Å². The molecule has 5 nitrogen and oxygen atoms in total. The van der Waals surface area contributed by atoms with E-state index in [0.29, 0.717) is 11.3 Å². The third kappa shape index (κ3) is 4.33. The van der Waals surface area contributed by atoms with E-state index in [1.54, 1.807) is 18.2 Å². The summed E-state index contributed by atoms with van der Waals surface area (Å²) in [7, 11) is 0. The van der Waals surface area contributed by atoms with Gasteiger partial charge in [0, 0.05) is 17.4 Å². The number of nitrogens with zero attached hydrogens (tertiary/aromatic N) is 1. The molecule has 130 valence electrons. The Balaban J connectivity index is 1.70. The van der Waals surface area contributed by atoms with E-state index in [-0.39, 0.29) is 23.6 Å². The topological polar surface area (TPSA) is 71.1 Å². The molecule has 2 N–H and O–H groups in total. The third-order valence-electron chi connectivity index (χ3n) is 3.93. The van der Waals surface area contributed by atoms with E-state index in [2.05, 4.69) is 15.6 Å². The molecule has 0 bridgehead atoms. The standard InChI is InChI=1S/C21H19N3O2/c1-15(16-8-4-2-5-9-16)23-21(26)19-14-17(12-13-22-19)20(25)24-18-10-6-3-7-11-18/h2-15H,1H3,(H,23,26)(H,24,25). The molecule has 26 heavy (non-hydrogen) atoms. The van der Waals surface area contributed by atoms with Gasteiger partial charge in [-0.3, -0.25) is 14.6 Å². The first kappa shape index (κ1) is 17.4. The highest BCUT2D eigenvalue weighted by molar-refractivity contribution is 6.05. The Morgan fingerprint density at radius 1 is 0.885 bits per heavy atom. The second-order valence-corrected chi connectivity index (χ2v) is 5.86. The monoisotopic (exact) mass is 345 g/mol. The maximum atomic E-state index is 12.5. The maximum absolute atomic E-state index is 12.5. The van der Waals surface area contributed by atoms with Crippen molar-refractivity contribution >= 4 is 17.5 Å².